The van der Waals surface area contributed by atoms with Crippen LogP contribution in [0.5, 0.6) is 0 Å². The van der Waals surface area contributed by atoms with Crippen LogP contribution in [-0.2, 0) is 10.8 Å². The van der Waals surface area contributed by atoms with E-state index in [0.29, 0.717) is 16.1 Å². The van der Waals surface area contributed by atoms with Crippen LogP contribution >= 0.6 is 11.3 Å². The maximum absolute atomic E-state index is 11.0. The summed E-state index contributed by atoms with van der Waals surface area (Å²) < 4.78 is 164. The van der Waals surface area contributed by atoms with Crippen LogP contribution in [0.2, 0.25) is 0 Å². The molecular formula is C62H41NS. The van der Waals surface area contributed by atoms with Crippen LogP contribution in [0.15, 0.2) is 248 Å². The lowest BCUT2D eigenvalue weighted by Crippen LogP contribution is -2.29. The quantitative estimate of drug-likeness (QED) is 0.154. The van der Waals surface area contributed by atoms with Gasteiger partial charge in [0, 0.05) is 26.8 Å². The molecule has 1 aromatic heterocycles. The lowest BCUT2D eigenvalue weighted by molar-refractivity contribution is 0.767. The SMILES string of the molecule is [2H]c1c([2H])c([2H])c(C2(c3c([2H])c([2H])c([2H])c([2H])c3[2H])c3c([2H])c([2H])c([2H])c([2H])c3-c3c([2H])c([2H])c(N(c4ccc5c(c4)C(c4ccccc4)(c4ccccc4)c4ccccc4-5)c4cccc5c4sc4ccccc45)c([2H])c32)c([2H])c1[2H]. The summed E-state index contributed by atoms with van der Waals surface area (Å²) >= 11 is 1.44. The molecule has 0 fully saturated rings. The number of rotatable bonds is 7. The van der Waals surface area contributed by atoms with E-state index < -0.39 is 147 Å². The number of nitrogens with zero attached hydrogens (tertiary/aromatic N) is 1. The van der Waals surface area contributed by atoms with Crippen molar-refractivity contribution in [3.05, 3.63) is 293 Å². The second-order valence-electron chi connectivity index (χ2n) is 15.8. The first-order chi connectivity index (χ1) is 38.8. The molecule has 300 valence electrons. The molecule has 0 unspecified atom stereocenters. The van der Waals surface area contributed by atoms with Gasteiger partial charge in [-0.15, -0.1) is 11.3 Å². The first kappa shape index (κ1) is 23.6. The van der Waals surface area contributed by atoms with Crippen molar-refractivity contribution in [2.75, 3.05) is 4.90 Å². The highest BCUT2D eigenvalue weighted by Gasteiger charge is 2.48. The fourth-order valence-electron chi connectivity index (χ4n) is 10.3. The molecule has 0 saturated heterocycles. The van der Waals surface area contributed by atoms with Gasteiger partial charge in [-0.05, 0) is 103 Å². The summed E-state index contributed by atoms with van der Waals surface area (Å²) in [4.78, 5) is 1.66. The molecule has 64 heavy (non-hydrogen) atoms. The predicted octanol–water partition coefficient (Wildman–Crippen LogP) is 16.3. The van der Waals surface area contributed by atoms with Gasteiger partial charge in [0.15, 0.2) is 0 Å². The summed E-state index contributed by atoms with van der Waals surface area (Å²) in [6, 6.07) is 32.7. The fraction of sp³-hybridized carbons (Fsp3) is 0.0323. The van der Waals surface area contributed by atoms with Gasteiger partial charge in [0.05, 0.1) is 44.5 Å². The maximum Gasteiger partial charge on any atom is 0.0714 e. The molecule has 0 N–H and O–H groups in total. The van der Waals surface area contributed by atoms with Crippen molar-refractivity contribution in [2.45, 2.75) is 10.8 Å². The van der Waals surface area contributed by atoms with Crippen LogP contribution in [0.3, 0.4) is 0 Å². The van der Waals surface area contributed by atoms with Gasteiger partial charge in [-0.3, -0.25) is 0 Å². The maximum atomic E-state index is 11.0. The average Bonchev–Trinajstić information content (AvgIpc) is 2.93. The van der Waals surface area contributed by atoms with E-state index in [9.17, 15) is 12.3 Å². The number of benzene rings is 10. The normalized spacial score (nSPS) is 17.6. The second-order valence-corrected chi connectivity index (χ2v) is 16.9. The number of thiophene rings is 1. The van der Waals surface area contributed by atoms with E-state index in [4.69, 9.17) is 11.0 Å². The zero-order valence-electron chi connectivity index (χ0n) is 50.7. The second kappa shape index (κ2) is 14.4. The third-order valence-corrected chi connectivity index (χ3v) is 14.0. The molecule has 2 aliphatic carbocycles. The molecule has 0 aliphatic heterocycles. The summed E-state index contributed by atoms with van der Waals surface area (Å²) in [5.74, 6) is 0. The molecule has 2 heteroatoms. The highest BCUT2D eigenvalue weighted by molar-refractivity contribution is 7.26. The summed E-state index contributed by atoms with van der Waals surface area (Å²) in [7, 11) is 0. The highest BCUT2D eigenvalue weighted by atomic mass is 32.1. The molecule has 0 saturated carbocycles. The van der Waals surface area contributed by atoms with Crippen molar-refractivity contribution < 1.29 is 23.3 Å². The van der Waals surface area contributed by atoms with Gasteiger partial charge in [-0.25, -0.2) is 0 Å². The Morgan fingerprint density at radius 3 is 1.72 bits per heavy atom. The van der Waals surface area contributed by atoms with Gasteiger partial charge in [0.25, 0.3) is 0 Å². The van der Waals surface area contributed by atoms with Crippen molar-refractivity contribution >= 4 is 48.6 Å². The number of fused-ring (bicyclic) bond motifs is 9. The summed E-state index contributed by atoms with van der Waals surface area (Å²) in [6.45, 7) is 0. The van der Waals surface area contributed by atoms with E-state index >= 15 is 0 Å². The molecule has 0 atom stereocenters. The molecule has 0 bridgehead atoms. The highest BCUT2D eigenvalue weighted by Crippen LogP contribution is 2.60. The fourth-order valence-corrected chi connectivity index (χ4v) is 11.5. The van der Waals surface area contributed by atoms with E-state index in [1.165, 1.54) is 11.3 Å². The monoisotopic (exact) mass is 848 g/mol. The molecule has 13 rings (SSSR count). The molecule has 2 aliphatic rings. The van der Waals surface area contributed by atoms with Crippen LogP contribution in [0.1, 0.15) is 67.8 Å². The van der Waals surface area contributed by atoms with Crippen molar-refractivity contribution in [3.8, 4) is 22.3 Å². The zero-order chi connectivity index (χ0) is 57.0. The van der Waals surface area contributed by atoms with Gasteiger partial charge in [-0.2, -0.15) is 0 Å². The van der Waals surface area contributed by atoms with Gasteiger partial charge < -0.3 is 4.90 Å². The molecule has 11 aromatic rings. The largest absolute Gasteiger partial charge is 0.309 e. The van der Waals surface area contributed by atoms with E-state index in [2.05, 4.69) is 36.4 Å². The van der Waals surface area contributed by atoms with Gasteiger partial charge in [0.1, 0.15) is 0 Å². The Balaban J connectivity index is 1.25. The van der Waals surface area contributed by atoms with E-state index in [-0.39, 0.29) is 5.69 Å². The first-order valence-electron chi connectivity index (χ1n) is 29.3. The Bertz CT molecular complexity index is 4410. The summed E-state index contributed by atoms with van der Waals surface area (Å²) in [6.07, 6.45) is 0. The molecular weight excluding hydrogens is 791 g/mol. The zero-order valence-corrected chi connectivity index (χ0v) is 34.5. The molecule has 10 aromatic carbocycles. The summed E-state index contributed by atoms with van der Waals surface area (Å²) in [5, 5.41) is 1.71. The minimum absolute atomic E-state index is 0.323. The minimum atomic E-state index is -2.98. The third kappa shape index (κ3) is 5.12. The smallest absolute Gasteiger partial charge is 0.0714 e. The van der Waals surface area contributed by atoms with E-state index in [0.717, 1.165) is 48.9 Å². The Morgan fingerprint density at radius 1 is 0.375 bits per heavy atom. The van der Waals surface area contributed by atoms with Crippen molar-refractivity contribution in [3.63, 3.8) is 0 Å². The Hall–Kier alpha value is -7.78. The molecule has 0 spiro atoms. The van der Waals surface area contributed by atoms with Crippen LogP contribution in [0.25, 0.3) is 42.4 Å². The van der Waals surface area contributed by atoms with Crippen molar-refractivity contribution in [1.29, 1.82) is 0 Å². The van der Waals surface area contributed by atoms with Crippen molar-refractivity contribution in [1.82, 2.24) is 0 Å². The lowest BCUT2D eigenvalue weighted by atomic mass is 9.67. The van der Waals surface area contributed by atoms with Crippen molar-refractivity contribution in [2.24, 2.45) is 0 Å². The van der Waals surface area contributed by atoms with Crippen LogP contribution in [0, 0.1) is 0 Å². The Kier molecular flexibility index (Phi) is 5.31. The molecule has 1 nitrogen and oxygen atoms in total. The molecule has 0 amide bonds. The van der Waals surface area contributed by atoms with E-state index in [1.807, 2.05) is 109 Å². The van der Waals surface area contributed by atoms with Gasteiger partial charge >= 0.3 is 0 Å². The minimum Gasteiger partial charge on any atom is -0.309 e. The topological polar surface area (TPSA) is 3.24 Å². The van der Waals surface area contributed by atoms with Gasteiger partial charge in [0.2, 0.25) is 0 Å². The van der Waals surface area contributed by atoms with Crippen LogP contribution in [0.4, 0.5) is 17.1 Å². The average molecular weight is 849 g/mol. The van der Waals surface area contributed by atoms with Crippen LogP contribution < -0.4 is 4.90 Å². The van der Waals surface area contributed by atoms with Gasteiger partial charge in [-0.1, -0.05) is 212 Å². The number of hydrogen-bond donors (Lipinski definition) is 0. The van der Waals surface area contributed by atoms with Crippen LogP contribution in [-0.4, -0.2) is 0 Å². The Labute approximate surface area is 401 Å². The number of hydrogen-bond acceptors (Lipinski definition) is 2. The van der Waals surface area contributed by atoms with E-state index in [1.54, 1.807) is 4.90 Å². The lowest BCUT2D eigenvalue weighted by Gasteiger charge is -2.36. The predicted molar refractivity (Wildman–Crippen MR) is 269 cm³/mol. The standard InChI is InChI=1S/C62H41NS/c1-5-20-42(21-6-1)61(43-22-7-2-8-23-43)54-32-16-13-28-48(54)50-38-36-46(40-56(50)61)63(58-34-19-31-53-52-30-15-18-35-59(52)64-60(53)58)47-37-39-51-49-29-14-17-33-55(49)62(57(51)41-47,44-24-9-3-10-25-44)45-26-11-4-12-27-45/h1-41H/i1D,2D,5D,6D,7D,8D,13D,16D,20D,21D,22D,23D,28D,32D,36D,38D,40D. The first-order valence-corrected chi connectivity index (χ1v) is 21.6. The molecule has 0 radical (unpaired) electrons. The Morgan fingerprint density at radius 2 is 0.969 bits per heavy atom. The molecule has 1 heterocycles. The number of anilines is 3. The summed E-state index contributed by atoms with van der Waals surface area (Å²) in [5.41, 5.74) is -1.71. The third-order valence-electron chi connectivity index (χ3n) is 12.8.